The first kappa shape index (κ1) is 23.7. The number of hydrogen-bond donors (Lipinski definition) is 3. The number of rotatable bonds is 9. The Morgan fingerprint density at radius 3 is 1.89 bits per heavy atom. The first-order valence-electron chi connectivity index (χ1n) is 11.3. The highest BCUT2D eigenvalue weighted by atomic mass is 16.2. The molecule has 2 heterocycles. The number of para-hydroxylation sites is 2. The third-order valence-corrected chi connectivity index (χ3v) is 5.76. The van der Waals surface area contributed by atoms with Crippen molar-refractivity contribution < 1.29 is 19.2 Å². The lowest BCUT2D eigenvalue weighted by atomic mass is 10.2. The molecule has 0 spiro atoms. The molecule has 0 aliphatic carbocycles. The maximum atomic E-state index is 12.7. The SMILES string of the molecule is CCn1c(=O)n(CCC(=O)Nc2ccc(NC(=O)CCN3C(=O)CNC3=O)cc2)c2ccccc21. The smallest absolute Gasteiger partial charge is 0.329 e. The minimum atomic E-state index is -0.496. The Morgan fingerprint density at radius 1 is 0.829 bits per heavy atom. The molecule has 3 N–H and O–H groups in total. The third kappa shape index (κ3) is 5.24. The Hall–Kier alpha value is -4.41. The van der Waals surface area contributed by atoms with Crippen LogP contribution in [0.2, 0.25) is 0 Å². The van der Waals surface area contributed by atoms with Crippen molar-refractivity contribution in [1.29, 1.82) is 0 Å². The van der Waals surface area contributed by atoms with E-state index in [1.165, 1.54) is 0 Å². The van der Waals surface area contributed by atoms with Gasteiger partial charge in [0.2, 0.25) is 17.7 Å². The van der Waals surface area contributed by atoms with Crippen LogP contribution < -0.4 is 21.6 Å². The molecule has 0 atom stereocenters. The number of carbonyl (C=O) groups is 4. The summed E-state index contributed by atoms with van der Waals surface area (Å²) in [5, 5.41) is 7.88. The molecule has 1 fully saturated rings. The first-order chi connectivity index (χ1) is 16.9. The summed E-state index contributed by atoms with van der Waals surface area (Å²) in [6, 6.07) is 13.6. The molecule has 0 bridgehead atoms. The highest BCUT2D eigenvalue weighted by molar-refractivity contribution is 6.02. The van der Waals surface area contributed by atoms with E-state index in [2.05, 4.69) is 16.0 Å². The second-order valence-electron chi connectivity index (χ2n) is 8.04. The molecule has 182 valence electrons. The van der Waals surface area contributed by atoms with Gasteiger partial charge in [0.05, 0.1) is 17.6 Å². The topological polar surface area (TPSA) is 135 Å². The van der Waals surface area contributed by atoms with Crippen LogP contribution >= 0.6 is 0 Å². The van der Waals surface area contributed by atoms with E-state index in [0.29, 0.717) is 17.9 Å². The third-order valence-electron chi connectivity index (χ3n) is 5.76. The molecule has 0 saturated carbocycles. The second-order valence-corrected chi connectivity index (χ2v) is 8.04. The number of hydrogen-bond acceptors (Lipinski definition) is 5. The fourth-order valence-electron chi connectivity index (χ4n) is 3.99. The van der Waals surface area contributed by atoms with Crippen molar-refractivity contribution in [3.8, 4) is 0 Å². The van der Waals surface area contributed by atoms with Crippen molar-refractivity contribution in [2.75, 3.05) is 23.7 Å². The molecular formula is C24H26N6O5. The van der Waals surface area contributed by atoms with Crippen molar-refractivity contribution in [3.63, 3.8) is 0 Å². The Morgan fingerprint density at radius 2 is 1.37 bits per heavy atom. The quantitative estimate of drug-likeness (QED) is 0.403. The normalized spacial score (nSPS) is 13.2. The predicted molar refractivity (Wildman–Crippen MR) is 130 cm³/mol. The summed E-state index contributed by atoms with van der Waals surface area (Å²) >= 11 is 0. The standard InChI is InChI=1S/C24H26N6O5/c1-2-28-18-5-3-4-6-19(18)29(24(28)35)13-11-20(31)26-16-7-9-17(10-8-16)27-21(32)12-14-30-22(33)15-25-23(30)34/h3-10H,2,11-15H2,1H3,(H,25,34)(H,26,31)(H,27,32). The lowest BCUT2D eigenvalue weighted by Gasteiger charge is -2.12. The van der Waals surface area contributed by atoms with E-state index < -0.39 is 6.03 Å². The van der Waals surface area contributed by atoms with E-state index in [1.807, 2.05) is 31.2 Å². The molecule has 0 radical (unpaired) electrons. The fraction of sp³-hybridized carbons (Fsp3) is 0.292. The summed E-state index contributed by atoms with van der Waals surface area (Å²) in [6.45, 7) is 2.66. The highest BCUT2D eigenvalue weighted by Crippen LogP contribution is 2.16. The van der Waals surface area contributed by atoms with Crippen molar-refractivity contribution in [2.45, 2.75) is 32.9 Å². The molecule has 1 aliphatic rings. The van der Waals surface area contributed by atoms with Crippen molar-refractivity contribution in [1.82, 2.24) is 19.4 Å². The van der Waals surface area contributed by atoms with Crippen LogP contribution in [0.25, 0.3) is 11.0 Å². The van der Waals surface area contributed by atoms with Gasteiger partial charge in [0.15, 0.2) is 0 Å². The zero-order valence-electron chi connectivity index (χ0n) is 19.2. The summed E-state index contributed by atoms with van der Waals surface area (Å²) in [5.74, 6) is -0.939. The van der Waals surface area contributed by atoms with Crippen molar-refractivity contribution in [2.24, 2.45) is 0 Å². The lowest BCUT2D eigenvalue weighted by molar-refractivity contribution is -0.125. The van der Waals surface area contributed by atoms with Crippen LogP contribution in [0.4, 0.5) is 16.2 Å². The molecule has 2 aromatic carbocycles. The predicted octanol–water partition coefficient (Wildman–Crippen LogP) is 1.73. The summed E-state index contributed by atoms with van der Waals surface area (Å²) in [4.78, 5) is 61.4. The van der Waals surface area contributed by atoms with Gasteiger partial charge in [-0.05, 0) is 43.3 Å². The van der Waals surface area contributed by atoms with Gasteiger partial charge in [-0.3, -0.25) is 28.4 Å². The Balaban J connectivity index is 1.28. The number of aromatic nitrogens is 2. The first-order valence-corrected chi connectivity index (χ1v) is 11.3. The summed E-state index contributed by atoms with van der Waals surface area (Å²) in [7, 11) is 0. The Kier molecular flexibility index (Phi) is 6.95. The van der Waals surface area contributed by atoms with E-state index in [4.69, 9.17) is 0 Å². The molecule has 11 nitrogen and oxygen atoms in total. The molecule has 3 aromatic rings. The van der Waals surface area contributed by atoms with Crippen molar-refractivity contribution >= 4 is 46.2 Å². The molecule has 0 unspecified atom stereocenters. The molecule has 4 rings (SSSR count). The van der Waals surface area contributed by atoms with Crippen LogP contribution in [0.15, 0.2) is 53.3 Å². The average molecular weight is 479 g/mol. The number of urea groups is 1. The number of imidazole rings is 1. The zero-order valence-corrected chi connectivity index (χ0v) is 19.2. The number of nitrogens with zero attached hydrogens (tertiary/aromatic N) is 3. The summed E-state index contributed by atoms with van der Waals surface area (Å²) in [6.07, 6.45) is 0.102. The van der Waals surface area contributed by atoms with Crippen LogP contribution in [0.3, 0.4) is 0 Å². The van der Waals surface area contributed by atoms with Gasteiger partial charge in [-0.2, -0.15) is 0 Å². The Bertz CT molecular complexity index is 1320. The van der Waals surface area contributed by atoms with Crippen LogP contribution in [0.1, 0.15) is 19.8 Å². The maximum Gasteiger partial charge on any atom is 0.329 e. The lowest BCUT2D eigenvalue weighted by Crippen LogP contribution is -2.33. The van der Waals surface area contributed by atoms with Crippen LogP contribution in [-0.4, -0.2) is 50.9 Å². The fourth-order valence-corrected chi connectivity index (χ4v) is 3.99. The monoisotopic (exact) mass is 478 g/mol. The van der Waals surface area contributed by atoms with Crippen LogP contribution in [-0.2, 0) is 27.5 Å². The molecule has 1 aliphatic heterocycles. The molecule has 1 saturated heterocycles. The second kappa shape index (κ2) is 10.2. The van der Waals surface area contributed by atoms with Crippen LogP contribution in [0, 0.1) is 0 Å². The number of aryl methyl sites for hydroxylation is 2. The number of benzene rings is 2. The van der Waals surface area contributed by atoms with Gasteiger partial charge in [-0.1, -0.05) is 12.1 Å². The molecule has 11 heteroatoms. The molecular weight excluding hydrogens is 452 g/mol. The molecule has 5 amide bonds. The minimum Gasteiger partial charge on any atom is -0.329 e. The van der Waals surface area contributed by atoms with E-state index >= 15 is 0 Å². The van der Waals surface area contributed by atoms with E-state index in [0.717, 1.165) is 15.9 Å². The molecule has 1 aromatic heterocycles. The number of carbonyl (C=O) groups excluding carboxylic acids is 4. The van der Waals surface area contributed by atoms with E-state index in [-0.39, 0.29) is 55.9 Å². The van der Waals surface area contributed by atoms with Gasteiger partial charge >= 0.3 is 11.7 Å². The van der Waals surface area contributed by atoms with Gasteiger partial charge in [-0.15, -0.1) is 0 Å². The maximum absolute atomic E-state index is 12.7. The highest BCUT2D eigenvalue weighted by Gasteiger charge is 2.28. The number of imide groups is 1. The van der Waals surface area contributed by atoms with Gasteiger partial charge in [0.1, 0.15) is 0 Å². The minimum absolute atomic E-state index is 0.00462. The zero-order chi connectivity index (χ0) is 24.9. The van der Waals surface area contributed by atoms with E-state index in [9.17, 15) is 24.0 Å². The van der Waals surface area contributed by atoms with Crippen LogP contribution in [0.5, 0.6) is 0 Å². The number of fused-ring (bicyclic) bond motifs is 1. The number of amides is 5. The average Bonchev–Trinajstić information content (AvgIpc) is 3.31. The summed E-state index contributed by atoms with van der Waals surface area (Å²) in [5.41, 5.74) is 2.56. The van der Waals surface area contributed by atoms with E-state index in [1.54, 1.807) is 33.4 Å². The number of anilines is 2. The number of nitrogens with one attached hydrogen (secondary N) is 3. The van der Waals surface area contributed by atoms with Crippen molar-refractivity contribution in [3.05, 3.63) is 59.0 Å². The van der Waals surface area contributed by atoms with Gasteiger partial charge in [-0.25, -0.2) is 9.59 Å². The Labute approximate surface area is 200 Å². The van der Waals surface area contributed by atoms with Gasteiger partial charge in [0, 0.05) is 43.9 Å². The molecule has 35 heavy (non-hydrogen) atoms. The summed E-state index contributed by atoms with van der Waals surface area (Å²) < 4.78 is 3.29. The van der Waals surface area contributed by atoms with Gasteiger partial charge < -0.3 is 16.0 Å². The van der Waals surface area contributed by atoms with Gasteiger partial charge in [0.25, 0.3) is 0 Å². The largest absolute Gasteiger partial charge is 0.329 e.